The van der Waals surface area contributed by atoms with Gasteiger partial charge >= 0.3 is 0 Å². The number of carbonyl (C=O) groups is 3. The largest absolute Gasteiger partial charge is 0.367 e. The van der Waals surface area contributed by atoms with Crippen molar-refractivity contribution in [1.82, 2.24) is 24.8 Å². The van der Waals surface area contributed by atoms with Crippen molar-refractivity contribution in [3.63, 3.8) is 0 Å². The molecule has 33 heavy (non-hydrogen) atoms. The highest BCUT2D eigenvalue weighted by Gasteiger charge is 2.32. The molecule has 4 heterocycles. The first-order chi connectivity index (χ1) is 16.0. The molecule has 2 aromatic rings. The van der Waals surface area contributed by atoms with Crippen LogP contribution in [0.5, 0.6) is 0 Å². The number of anilines is 2. The van der Waals surface area contributed by atoms with Crippen molar-refractivity contribution in [1.29, 1.82) is 0 Å². The van der Waals surface area contributed by atoms with Crippen molar-refractivity contribution in [2.75, 3.05) is 36.4 Å². The summed E-state index contributed by atoms with van der Waals surface area (Å²) >= 11 is 0. The van der Waals surface area contributed by atoms with Crippen LogP contribution < -0.4 is 15.5 Å². The van der Waals surface area contributed by atoms with Gasteiger partial charge in [-0.3, -0.25) is 19.7 Å². The van der Waals surface area contributed by atoms with E-state index in [0.717, 1.165) is 56.8 Å². The summed E-state index contributed by atoms with van der Waals surface area (Å²) in [6.45, 7) is 2.86. The van der Waals surface area contributed by atoms with Crippen molar-refractivity contribution < 1.29 is 14.4 Å². The molecule has 0 aromatic carbocycles. The standard InChI is InChI=1S/C23H27N7O3/c31-20-11-15(22(32)27-20)10-16-13-24-30-19(25-17-4-5-17)12-18(26-21(16)30)28-6-8-29(9-7-28)23(33)14-2-1-3-14/h10,12-14,17,25H,1-9,11H2,(H,27,31,32)/b15-10+. The summed E-state index contributed by atoms with van der Waals surface area (Å²) in [5.74, 6) is 1.56. The minimum atomic E-state index is -0.362. The van der Waals surface area contributed by atoms with E-state index in [-0.39, 0.29) is 24.2 Å². The van der Waals surface area contributed by atoms with Gasteiger partial charge in [-0.1, -0.05) is 6.42 Å². The van der Waals surface area contributed by atoms with Crippen LogP contribution in [0, 0.1) is 5.92 Å². The highest BCUT2D eigenvalue weighted by atomic mass is 16.2. The number of nitrogens with one attached hydrogen (secondary N) is 2. The maximum atomic E-state index is 12.6. The molecule has 172 valence electrons. The lowest BCUT2D eigenvalue weighted by Gasteiger charge is -2.38. The fraction of sp³-hybridized carbons (Fsp3) is 0.522. The molecule has 2 aliphatic carbocycles. The zero-order valence-electron chi connectivity index (χ0n) is 18.4. The van der Waals surface area contributed by atoms with Crippen molar-refractivity contribution in [2.24, 2.45) is 5.92 Å². The molecule has 3 amide bonds. The number of amides is 3. The molecule has 6 rings (SSSR count). The molecule has 4 aliphatic rings. The molecule has 0 atom stereocenters. The van der Waals surface area contributed by atoms with Gasteiger partial charge in [0, 0.05) is 55.3 Å². The lowest BCUT2D eigenvalue weighted by Crippen LogP contribution is -2.51. The molecule has 0 radical (unpaired) electrons. The number of rotatable bonds is 5. The monoisotopic (exact) mass is 449 g/mol. The molecule has 0 bridgehead atoms. The molecule has 4 fully saturated rings. The van der Waals surface area contributed by atoms with Crippen LogP contribution in [0.3, 0.4) is 0 Å². The van der Waals surface area contributed by atoms with E-state index in [4.69, 9.17) is 4.98 Å². The summed E-state index contributed by atoms with van der Waals surface area (Å²) in [6.07, 6.45) is 8.92. The maximum absolute atomic E-state index is 12.6. The van der Waals surface area contributed by atoms with Gasteiger partial charge in [0.1, 0.15) is 11.6 Å². The number of hydrogen-bond donors (Lipinski definition) is 2. The zero-order chi connectivity index (χ0) is 22.5. The van der Waals surface area contributed by atoms with E-state index in [0.29, 0.717) is 41.8 Å². The molecule has 2 aromatic heterocycles. The Bertz CT molecular complexity index is 1170. The summed E-state index contributed by atoms with van der Waals surface area (Å²) in [5.41, 5.74) is 1.76. The van der Waals surface area contributed by atoms with Gasteiger partial charge in [0.15, 0.2) is 5.65 Å². The first kappa shape index (κ1) is 20.2. The van der Waals surface area contributed by atoms with Crippen LogP contribution in [0.2, 0.25) is 0 Å². The Morgan fingerprint density at radius 3 is 2.55 bits per heavy atom. The third kappa shape index (κ3) is 3.83. The molecular formula is C23H27N7O3. The number of aromatic nitrogens is 3. The van der Waals surface area contributed by atoms with Gasteiger partial charge in [-0.15, -0.1) is 0 Å². The lowest BCUT2D eigenvalue weighted by molar-refractivity contribution is -0.138. The van der Waals surface area contributed by atoms with Crippen molar-refractivity contribution in [3.05, 3.63) is 23.4 Å². The Hall–Kier alpha value is -3.43. The minimum Gasteiger partial charge on any atom is -0.367 e. The number of nitrogens with zero attached hydrogens (tertiary/aromatic N) is 5. The average Bonchev–Trinajstić information content (AvgIpc) is 3.40. The van der Waals surface area contributed by atoms with Gasteiger partial charge in [0.05, 0.1) is 12.6 Å². The van der Waals surface area contributed by atoms with E-state index in [9.17, 15) is 14.4 Å². The fourth-order valence-corrected chi connectivity index (χ4v) is 4.65. The summed E-state index contributed by atoms with van der Waals surface area (Å²) in [6, 6.07) is 2.45. The topological polar surface area (TPSA) is 112 Å². The number of imide groups is 1. The quantitative estimate of drug-likeness (QED) is 0.521. The van der Waals surface area contributed by atoms with E-state index in [1.807, 2.05) is 11.0 Å². The first-order valence-corrected chi connectivity index (χ1v) is 11.8. The SMILES string of the molecule is O=C1C/C(=C\c2cnn3c(NC4CC4)cc(N4CCN(C(=O)C5CCC5)CC4)nc23)C(=O)N1. The van der Waals surface area contributed by atoms with Gasteiger partial charge in [0.2, 0.25) is 11.8 Å². The molecule has 0 spiro atoms. The van der Waals surface area contributed by atoms with Crippen molar-refractivity contribution in [3.8, 4) is 0 Å². The Balaban J connectivity index is 1.29. The molecule has 10 heteroatoms. The molecular weight excluding hydrogens is 422 g/mol. The first-order valence-electron chi connectivity index (χ1n) is 11.8. The van der Waals surface area contributed by atoms with Crippen LogP contribution in [0.4, 0.5) is 11.6 Å². The van der Waals surface area contributed by atoms with Crippen LogP contribution in [0.25, 0.3) is 11.7 Å². The molecule has 2 N–H and O–H groups in total. The minimum absolute atomic E-state index is 0.0695. The third-order valence-electron chi connectivity index (χ3n) is 7.01. The number of hydrogen-bond acceptors (Lipinski definition) is 7. The van der Waals surface area contributed by atoms with E-state index in [2.05, 4.69) is 20.6 Å². The second kappa shape index (κ2) is 7.86. The Morgan fingerprint density at radius 2 is 1.91 bits per heavy atom. The number of piperazine rings is 1. The van der Waals surface area contributed by atoms with Crippen molar-refractivity contribution in [2.45, 2.75) is 44.6 Å². The maximum Gasteiger partial charge on any atom is 0.254 e. The van der Waals surface area contributed by atoms with E-state index in [1.165, 1.54) is 0 Å². The summed E-state index contributed by atoms with van der Waals surface area (Å²) in [5, 5.41) is 10.4. The highest BCUT2D eigenvalue weighted by Crippen LogP contribution is 2.31. The predicted octanol–water partition coefficient (Wildman–Crippen LogP) is 1.18. The summed E-state index contributed by atoms with van der Waals surface area (Å²) in [7, 11) is 0. The van der Waals surface area contributed by atoms with Gasteiger partial charge in [0.25, 0.3) is 5.91 Å². The summed E-state index contributed by atoms with van der Waals surface area (Å²) in [4.78, 5) is 45.3. The summed E-state index contributed by atoms with van der Waals surface area (Å²) < 4.78 is 1.76. The second-order valence-corrected chi connectivity index (χ2v) is 9.42. The lowest BCUT2D eigenvalue weighted by atomic mass is 9.84. The molecule has 10 nitrogen and oxygen atoms in total. The van der Waals surface area contributed by atoms with Crippen molar-refractivity contribution >= 4 is 41.1 Å². The van der Waals surface area contributed by atoms with Crippen LogP contribution >= 0.6 is 0 Å². The highest BCUT2D eigenvalue weighted by molar-refractivity contribution is 6.15. The molecule has 2 saturated heterocycles. The van der Waals surface area contributed by atoms with Gasteiger partial charge in [-0.05, 0) is 31.8 Å². The van der Waals surface area contributed by atoms with E-state index < -0.39 is 0 Å². The van der Waals surface area contributed by atoms with Crippen LogP contribution in [-0.4, -0.2) is 69.4 Å². The Kier molecular flexibility index (Phi) is 4.81. The van der Waals surface area contributed by atoms with Crippen LogP contribution in [0.15, 0.2) is 17.8 Å². The smallest absolute Gasteiger partial charge is 0.254 e. The Labute approximate surface area is 191 Å². The van der Waals surface area contributed by atoms with E-state index in [1.54, 1.807) is 16.8 Å². The van der Waals surface area contributed by atoms with E-state index >= 15 is 0 Å². The Morgan fingerprint density at radius 1 is 1.12 bits per heavy atom. The zero-order valence-corrected chi connectivity index (χ0v) is 18.4. The van der Waals surface area contributed by atoms with Gasteiger partial charge in [-0.25, -0.2) is 4.98 Å². The number of carbonyl (C=O) groups excluding carboxylic acids is 3. The normalized spacial score (nSPS) is 22.7. The average molecular weight is 450 g/mol. The molecule has 2 saturated carbocycles. The third-order valence-corrected chi connectivity index (χ3v) is 7.01. The predicted molar refractivity (Wildman–Crippen MR) is 122 cm³/mol. The fourth-order valence-electron chi connectivity index (χ4n) is 4.65. The molecule has 2 aliphatic heterocycles. The van der Waals surface area contributed by atoms with Gasteiger partial charge < -0.3 is 15.1 Å². The van der Waals surface area contributed by atoms with Gasteiger partial charge in [-0.2, -0.15) is 9.61 Å². The van der Waals surface area contributed by atoms with Crippen LogP contribution in [-0.2, 0) is 14.4 Å². The number of fused-ring (bicyclic) bond motifs is 1. The molecule has 0 unspecified atom stereocenters. The second-order valence-electron chi connectivity index (χ2n) is 9.42. The van der Waals surface area contributed by atoms with Crippen LogP contribution in [0.1, 0.15) is 44.1 Å².